The van der Waals surface area contributed by atoms with Crippen molar-refractivity contribution in [2.45, 2.75) is 58.0 Å². The normalized spacial score (nSPS) is 19.1. The second-order valence-electron chi connectivity index (χ2n) is 6.55. The van der Waals surface area contributed by atoms with E-state index in [1.54, 1.807) is 10.5 Å². The van der Waals surface area contributed by atoms with Crippen LogP contribution in [-0.4, -0.2) is 29.0 Å². The molecule has 24 heavy (non-hydrogen) atoms. The van der Waals surface area contributed by atoms with Crippen LogP contribution in [-0.2, 0) is 16.6 Å². The van der Waals surface area contributed by atoms with E-state index >= 15 is 0 Å². The van der Waals surface area contributed by atoms with Crippen LogP contribution in [0, 0.1) is 20.8 Å². The molecule has 0 N–H and O–H groups in total. The smallest absolute Gasteiger partial charge is 0.243 e. The Labute approximate surface area is 144 Å². The maximum absolute atomic E-state index is 13.3. The Balaban J connectivity index is 2.05. The quantitative estimate of drug-likeness (QED) is 0.852. The van der Waals surface area contributed by atoms with Gasteiger partial charge >= 0.3 is 0 Å². The van der Waals surface area contributed by atoms with Gasteiger partial charge < -0.3 is 0 Å². The summed E-state index contributed by atoms with van der Waals surface area (Å²) in [5.74, 6) is 0. The third-order valence-electron chi connectivity index (χ3n) is 4.97. The zero-order chi connectivity index (χ0) is 17.5. The summed E-state index contributed by atoms with van der Waals surface area (Å²) < 4.78 is 30.2. The highest BCUT2D eigenvalue weighted by Gasteiger charge is 2.38. The molecule has 1 aromatic heterocycles. The second-order valence-corrected chi connectivity index (χ2v) is 8.41. The summed E-state index contributed by atoms with van der Waals surface area (Å²) in [7, 11) is -3.52. The number of nitrogens with zero attached hydrogens (tertiary/aromatic N) is 3. The van der Waals surface area contributed by atoms with E-state index in [0.29, 0.717) is 11.4 Å². The molecule has 0 aliphatic carbocycles. The fourth-order valence-electron chi connectivity index (χ4n) is 3.55. The first-order valence-electron chi connectivity index (χ1n) is 8.47. The van der Waals surface area contributed by atoms with Crippen LogP contribution >= 0.6 is 0 Å². The van der Waals surface area contributed by atoms with Crippen molar-refractivity contribution in [3.8, 4) is 0 Å². The maximum atomic E-state index is 13.3. The summed E-state index contributed by atoms with van der Waals surface area (Å²) in [4.78, 5) is 0.431. The van der Waals surface area contributed by atoms with Gasteiger partial charge in [0, 0.05) is 19.3 Å². The van der Waals surface area contributed by atoms with Crippen molar-refractivity contribution >= 4 is 10.0 Å². The Morgan fingerprint density at radius 1 is 1.17 bits per heavy atom. The zero-order valence-electron chi connectivity index (χ0n) is 14.8. The number of hydrogen-bond donors (Lipinski definition) is 0. The minimum Gasteiger partial charge on any atom is -0.268 e. The monoisotopic (exact) mass is 347 g/mol. The lowest BCUT2D eigenvalue weighted by Gasteiger charge is -2.25. The molecule has 1 saturated heterocycles. The SMILES string of the molecule is CCn1nccc1[C@H]1CCCN1S(=O)(=O)c1cc(C)c(C)cc1C. The predicted molar refractivity (Wildman–Crippen MR) is 94.4 cm³/mol. The first-order chi connectivity index (χ1) is 11.4. The van der Waals surface area contributed by atoms with Crippen molar-refractivity contribution in [2.24, 2.45) is 0 Å². The van der Waals surface area contributed by atoms with Gasteiger partial charge in [-0.15, -0.1) is 0 Å². The van der Waals surface area contributed by atoms with E-state index in [0.717, 1.165) is 41.8 Å². The largest absolute Gasteiger partial charge is 0.268 e. The molecule has 2 heterocycles. The van der Waals surface area contributed by atoms with Crippen LogP contribution in [0.15, 0.2) is 29.3 Å². The van der Waals surface area contributed by atoms with Crippen LogP contribution in [0.2, 0.25) is 0 Å². The zero-order valence-corrected chi connectivity index (χ0v) is 15.6. The third-order valence-corrected chi connectivity index (χ3v) is 7.02. The standard InChI is InChI=1S/C18H25N3O2S/c1-5-20-16(8-9-19-20)17-7-6-10-21(17)24(22,23)18-12-14(3)13(2)11-15(18)4/h8-9,11-12,17H,5-7,10H2,1-4H3/t17-/m1/s1. The molecule has 1 aromatic carbocycles. The fraction of sp³-hybridized carbons (Fsp3) is 0.500. The maximum Gasteiger partial charge on any atom is 0.243 e. The first-order valence-corrected chi connectivity index (χ1v) is 9.91. The lowest BCUT2D eigenvalue weighted by atomic mass is 10.1. The second kappa shape index (κ2) is 6.33. The summed E-state index contributed by atoms with van der Waals surface area (Å²) in [6.07, 6.45) is 3.47. The van der Waals surface area contributed by atoms with Crippen molar-refractivity contribution in [3.05, 3.63) is 46.8 Å². The van der Waals surface area contributed by atoms with Crippen LogP contribution in [0.1, 0.15) is 48.2 Å². The van der Waals surface area contributed by atoms with Crippen LogP contribution in [0.5, 0.6) is 0 Å². The average molecular weight is 347 g/mol. The van der Waals surface area contributed by atoms with Crippen molar-refractivity contribution in [3.63, 3.8) is 0 Å². The number of hydrogen-bond acceptors (Lipinski definition) is 3. The van der Waals surface area contributed by atoms with Crippen LogP contribution < -0.4 is 0 Å². The van der Waals surface area contributed by atoms with Crippen molar-refractivity contribution in [1.82, 2.24) is 14.1 Å². The van der Waals surface area contributed by atoms with E-state index in [-0.39, 0.29) is 6.04 Å². The summed E-state index contributed by atoms with van der Waals surface area (Å²) in [5.41, 5.74) is 3.93. The van der Waals surface area contributed by atoms with E-state index in [1.165, 1.54) is 0 Å². The van der Waals surface area contributed by atoms with Crippen LogP contribution in [0.3, 0.4) is 0 Å². The number of benzene rings is 1. The van der Waals surface area contributed by atoms with Gasteiger partial charge in [0.2, 0.25) is 10.0 Å². The van der Waals surface area contributed by atoms with Gasteiger partial charge in [0.15, 0.2) is 0 Å². The molecule has 0 saturated carbocycles. The minimum atomic E-state index is -3.52. The van der Waals surface area contributed by atoms with Gasteiger partial charge in [0.25, 0.3) is 0 Å². The molecule has 0 radical (unpaired) electrons. The summed E-state index contributed by atoms with van der Waals surface area (Å²) in [6, 6.07) is 5.59. The highest BCUT2D eigenvalue weighted by Crippen LogP contribution is 2.37. The van der Waals surface area contributed by atoms with Gasteiger partial charge in [-0.3, -0.25) is 4.68 Å². The highest BCUT2D eigenvalue weighted by atomic mass is 32.2. The van der Waals surface area contributed by atoms with Gasteiger partial charge in [0.1, 0.15) is 0 Å². The van der Waals surface area contributed by atoms with Gasteiger partial charge in [-0.1, -0.05) is 6.07 Å². The fourth-order valence-corrected chi connectivity index (χ4v) is 5.51. The van der Waals surface area contributed by atoms with Gasteiger partial charge in [-0.25, -0.2) is 8.42 Å². The van der Waals surface area contributed by atoms with E-state index in [1.807, 2.05) is 50.6 Å². The Morgan fingerprint density at radius 2 is 1.88 bits per heavy atom. The number of aromatic nitrogens is 2. The van der Waals surface area contributed by atoms with Crippen molar-refractivity contribution < 1.29 is 8.42 Å². The molecule has 2 aromatic rings. The molecular weight excluding hydrogens is 322 g/mol. The summed E-state index contributed by atoms with van der Waals surface area (Å²) >= 11 is 0. The van der Waals surface area contributed by atoms with Crippen LogP contribution in [0.4, 0.5) is 0 Å². The van der Waals surface area contributed by atoms with Gasteiger partial charge in [-0.05, 0) is 69.4 Å². The molecule has 6 heteroatoms. The molecule has 5 nitrogen and oxygen atoms in total. The van der Waals surface area contributed by atoms with E-state index in [4.69, 9.17) is 0 Å². The molecule has 1 aliphatic heterocycles. The molecule has 0 amide bonds. The van der Waals surface area contributed by atoms with Crippen molar-refractivity contribution in [1.29, 1.82) is 0 Å². The van der Waals surface area contributed by atoms with Gasteiger partial charge in [-0.2, -0.15) is 9.40 Å². The average Bonchev–Trinajstić information content (AvgIpc) is 3.18. The lowest BCUT2D eigenvalue weighted by Crippen LogP contribution is -2.32. The molecule has 0 spiro atoms. The molecule has 3 rings (SSSR count). The Morgan fingerprint density at radius 3 is 2.58 bits per heavy atom. The van der Waals surface area contributed by atoms with Crippen LogP contribution in [0.25, 0.3) is 0 Å². The third kappa shape index (κ3) is 2.78. The molecule has 0 unspecified atom stereocenters. The van der Waals surface area contributed by atoms with Crippen molar-refractivity contribution in [2.75, 3.05) is 6.54 Å². The van der Waals surface area contributed by atoms with E-state index in [9.17, 15) is 8.42 Å². The number of sulfonamides is 1. The highest BCUT2D eigenvalue weighted by molar-refractivity contribution is 7.89. The summed E-state index contributed by atoms with van der Waals surface area (Å²) in [6.45, 7) is 9.18. The number of aryl methyl sites for hydroxylation is 4. The predicted octanol–water partition coefficient (Wildman–Crippen LogP) is 3.35. The molecule has 1 fully saturated rings. The Kier molecular flexibility index (Phi) is 4.53. The summed E-state index contributed by atoms with van der Waals surface area (Å²) in [5, 5.41) is 4.31. The topological polar surface area (TPSA) is 55.2 Å². The Hall–Kier alpha value is -1.66. The minimum absolute atomic E-state index is 0.126. The molecule has 130 valence electrons. The Bertz CT molecular complexity index is 855. The molecular formula is C18H25N3O2S. The van der Waals surface area contributed by atoms with E-state index in [2.05, 4.69) is 5.10 Å². The number of rotatable bonds is 4. The van der Waals surface area contributed by atoms with Gasteiger partial charge in [0.05, 0.1) is 16.6 Å². The molecule has 1 aliphatic rings. The molecule has 1 atom stereocenters. The lowest BCUT2D eigenvalue weighted by molar-refractivity contribution is 0.375. The molecule has 0 bridgehead atoms. The first kappa shape index (κ1) is 17.2. The van der Waals surface area contributed by atoms with E-state index < -0.39 is 10.0 Å².